The van der Waals surface area contributed by atoms with Crippen molar-refractivity contribution in [2.45, 2.75) is 64.8 Å². The summed E-state index contributed by atoms with van der Waals surface area (Å²) in [6.45, 7) is 8.54. The third kappa shape index (κ3) is 3.96. The highest BCUT2D eigenvalue weighted by Crippen LogP contribution is 2.37. The predicted octanol–water partition coefficient (Wildman–Crippen LogP) is 2.93. The van der Waals surface area contributed by atoms with Crippen LogP contribution in [0.15, 0.2) is 0 Å². The lowest BCUT2D eigenvalue weighted by Gasteiger charge is -2.39. The molecular formula is C15H30N2. The zero-order chi connectivity index (χ0) is 12.1. The molecule has 1 aliphatic heterocycles. The molecule has 1 saturated heterocycles. The monoisotopic (exact) mass is 238 g/mol. The van der Waals surface area contributed by atoms with Gasteiger partial charge in [0.05, 0.1) is 0 Å². The van der Waals surface area contributed by atoms with Crippen molar-refractivity contribution < 1.29 is 0 Å². The van der Waals surface area contributed by atoms with Crippen LogP contribution in [0.4, 0.5) is 0 Å². The van der Waals surface area contributed by atoms with Crippen LogP contribution in [0, 0.1) is 11.3 Å². The fourth-order valence-electron chi connectivity index (χ4n) is 3.46. The summed E-state index contributed by atoms with van der Waals surface area (Å²) in [6.07, 6.45) is 9.92. The van der Waals surface area contributed by atoms with Crippen LogP contribution in [0.2, 0.25) is 0 Å². The smallest absolute Gasteiger partial charge is 0.00914 e. The van der Waals surface area contributed by atoms with Crippen LogP contribution in [-0.2, 0) is 0 Å². The molecule has 0 aromatic heterocycles. The number of rotatable bonds is 4. The highest BCUT2D eigenvalue weighted by Gasteiger charge is 2.30. The summed E-state index contributed by atoms with van der Waals surface area (Å²) >= 11 is 0. The van der Waals surface area contributed by atoms with Crippen molar-refractivity contribution in [1.29, 1.82) is 0 Å². The Balaban J connectivity index is 1.75. The Bertz CT molecular complexity index is 213. The third-order valence-electron chi connectivity index (χ3n) is 4.90. The first-order valence-electron chi connectivity index (χ1n) is 7.62. The largest absolute Gasteiger partial charge is 0.317 e. The molecule has 0 spiro atoms. The van der Waals surface area contributed by atoms with Crippen molar-refractivity contribution in [2.24, 2.45) is 11.3 Å². The minimum absolute atomic E-state index is 0.491. The first-order chi connectivity index (χ1) is 8.18. The predicted molar refractivity (Wildman–Crippen MR) is 74.3 cm³/mol. The van der Waals surface area contributed by atoms with Crippen LogP contribution >= 0.6 is 0 Å². The van der Waals surface area contributed by atoms with Crippen LogP contribution < -0.4 is 10.6 Å². The Morgan fingerprint density at radius 1 is 1.00 bits per heavy atom. The van der Waals surface area contributed by atoms with E-state index >= 15 is 0 Å². The van der Waals surface area contributed by atoms with E-state index in [0.717, 1.165) is 12.0 Å². The quantitative estimate of drug-likeness (QED) is 0.787. The van der Waals surface area contributed by atoms with E-state index in [1.807, 2.05) is 0 Å². The van der Waals surface area contributed by atoms with Gasteiger partial charge in [0.25, 0.3) is 0 Å². The van der Waals surface area contributed by atoms with E-state index in [9.17, 15) is 0 Å². The Morgan fingerprint density at radius 2 is 1.65 bits per heavy atom. The van der Waals surface area contributed by atoms with Crippen LogP contribution in [0.5, 0.6) is 0 Å². The zero-order valence-electron chi connectivity index (χ0n) is 11.7. The molecule has 0 unspecified atom stereocenters. The van der Waals surface area contributed by atoms with E-state index in [0.29, 0.717) is 5.41 Å². The SMILES string of the molecule is CC(C)(CNC1CCNCC1)C1CCCCC1. The molecule has 2 heteroatoms. The minimum Gasteiger partial charge on any atom is -0.317 e. The minimum atomic E-state index is 0.491. The lowest BCUT2D eigenvalue weighted by molar-refractivity contribution is 0.146. The second-order valence-electron chi connectivity index (χ2n) is 6.73. The fraction of sp³-hybridized carbons (Fsp3) is 1.00. The third-order valence-corrected chi connectivity index (χ3v) is 4.90. The second-order valence-corrected chi connectivity index (χ2v) is 6.73. The van der Waals surface area contributed by atoms with Crippen LogP contribution in [0.25, 0.3) is 0 Å². The van der Waals surface area contributed by atoms with E-state index in [1.54, 1.807) is 0 Å². The maximum Gasteiger partial charge on any atom is 0.00914 e. The highest BCUT2D eigenvalue weighted by atomic mass is 15.0. The van der Waals surface area contributed by atoms with Crippen molar-refractivity contribution in [3.8, 4) is 0 Å². The average molecular weight is 238 g/mol. The van der Waals surface area contributed by atoms with Gasteiger partial charge in [0.1, 0.15) is 0 Å². The molecule has 1 aliphatic carbocycles. The van der Waals surface area contributed by atoms with Gasteiger partial charge in [-0.3, -0.25) is 0 Å². The number of hydrogen-bond acceptors (Lipinski definition) is 2. The first kappa shape index (κ1) is 13.4. The van der Waals surface area contributed by atoms with Gasteiger partial charge in [0, 0.05) is 12.6 Å². The van der Waals surface area contributed by atoms with Gasteiger partial charge >= 0.3 is 0 Å². The van der Waals surface area contributed by atoms with Crippen LogP contribution in [0.1, 0.15) is 58.8 Å². The summed E-state index contributed by atoms with van der Waals surface area (Å²) in [7, 11) is 0. The lowest BCUT2D eigenvalue weighted by Crippen LogP contribution is -2.45. The Kier molecular flexibility index (Phi) is 4.87. The van der Waals surface area contributed by atoms with E-state index in [1.165, 1.54) is 64.6 Å². The summed E-state index contributed by atoms with van der Waals surface area (Å²) in [4.78, 5) is 0. The van der Waals surface area contributed by atoms with Crippen molar-refractivity contribution in [1.82, 2.24) is 10.6 Å². The summed E-state index contributed by atoms with van der Waals surface area (Å²) in [5, 5.41) is 7.25. The van der Waals surface area contributed by atoms with Gasteiger partial charge in [-0.25, -0.2) is 0 Å². The lowest BCUT2D eigenvalue weighted by atomic mass is 9.71. The van der Waals surface area contributed by atoms with E-state index in [2.05, 4.69) is 24.5 Å². The van der Waals surface area contributed by atoms with Crippen molar-refractivity contribution in [3.63, 3.8) is 0 Å². The topological polar surface area (TPSA) is 24.1 Å². The molecule has 0 aromatic rings. The highest BCUT2D eigenvalue weighted by molar-refractivity contribution is 4.85. The van der Waals surface area contributed by atoms with E-state index in [-0.39, 0.29) is 0 Å². The number of nitrogens with one attached hydrogen (secondary N) is 2. The summed E-state index contributed by atoms with van der Waals surface area (Å²) in [5.41, 5.74) is 0.491. The molecule has 0 atom stereocenters. The van der Waals surface area contributed by atoms with Crippen LogP contribution in [-0.4, -0.2) is 25.7 Å². The van der Waals surface area contributed by atoms with Crippen molar-refractivity contribution >= 4 is 0 Å². The van der Waals surface area contributed by atoms with Crippen molar-refractivity contribution in [2.75, 3.05) is 19.6 Å². The molecule has 2 N–H and O–H groups in total. The molecule has 100 valence electrons. The summed E-state index contributed by atoms with van der Waals surface area (Å²) < 4.78 is 0. The zero-order valence-corrected chi connectivity index (χ0v) is 11.7. The molecule has 1 saturated carbocycles. The van der Waals surface area contributed by atoms with Gasteiger partial charge < -0.3 is 10.6 Å². The molecule has 1 heterocycles. The number of piperidine rings is 1. The van der Waals surface area contributed by atoms with Gasteiger partial charge in [-0.1, -0.05) is 33.1 Å². The molecule has 0 aromatic carbocycles. The molecule has 2 nitrogen and oxygen atoms in total. The second kappa shape index (κ2) is 6.19. The summed E-state index contributed by atoms with van der Waals surface area (Å²) in [5.74, 6) is 0.950. The normalized spacial score (nSPS) is 25.1. The molecular weight excluding hydrogens is 208 g/mol. The standard InChI is InChI=1S/C15H30N2/c1-15(2,13-6-4-3-5-7-13)12-17-14-8-10-16-11-9-14/h13-14,16-17H,3-12H2,1-2H3. The Hall–Kier alpha value is -0.0800. The molecule has 2 rings (SSSR count). The Morgan fingerprint density at radius 3 is 2.29 bits per heavy atom. The molecule has 2 aliphatic rings. The van der Waals surface area contributed by atoms with Crippen LogP contribution in [0.3, 0.4) is 0 Å². The van der Waals surface area contributed by atoms with Gasteiger partial charge in [0.15, 0.2) is 0 Å². The molecule has 17 heavy (non-hydrogen) atoms. The van der Waals surface area contributed by atoms with Gasteiger partial charge in [-0.2, -0.15) is 0 Å². The maximum atomic E-state index is 3.82. The maximum absolute atomic E-state index is 3.82. The average Bonchev–Trinajstić information content (AvgIpc) is 2.39. The molecule has 0 bridgehead atoms. The number of hydrogen-bond donors (Lipinski definition) is 2. The molecule has 0 amide bonds. The van der Waals surface area contributed by atoms with E-state index < -0.39 is 0 Å². The van der Waals surface area contributed by atoms with Gasteiger partial charge in [-0.15, -0.1) is 0 Å². The first-order valence-corrected chi connectivity index (χ1v) is 7.62. The fourth-order valence-corrected chi connectivity index (χ4v) is 3.46. The molecule has 0 radical (unpaired) electrons. The van der Waals surface area contributed by atoms with Gasteiger partial charge in [0.2, 0.25) is 0 Å². The summed E-state index contributed by atoms with van der Waals surface area (Å²) in [6, 6.07) is 0.763. The van der Waals surface area contributed by atoms with Crippen molar-refractivity contribution in [3.05, 3.63) is 0 Å². The van der Waals surface area contributed by atoms with Gasteiger partial charge in [-0.05, 0) is 50.1 Å². The van der Waals surface area contributed by atoms with E-state index in [4.69, 9.17) is 0 Å². The molecule has 2 fully saturated rings. The Labute approximate surface area is 107 Å².